The lowest BCUT2D eigenvalue weighted by molar-refractivity contribution is -0.121. The molecule has 2 atom stereocenters. The second kappa shape index (κ2) is 8.95. The molecule has 2 amide bonds. The summed E-state index contributed by atoms with van der Waals surface area (Å²) < 4.78 is 0. The van der Waals surface area contributed by atoms with Gasteiger partial charge in [0.2, 0.25) is 11.8 Å². The summed E-state index contributed by atoms with van der Waals surface area (Å²) in [5, 5.41) is 2.94. The highest BCUT2D eigenvalue weighted by Crippen LogP contribution is 2.15. The minimum atomic E-state index is -0.364. The maximum absolute atomic E-state index is 11.7. The van der Waals surface area contributed by atoms with Gasteiger partial charge < -0.3 is 16.0 Å². The van der Waals surface area contributed by atoms with Gasteiger partial charge in [-0.1, -0.05) is 13.8 Å². The predicted molar refractivity (Wildman–Crippen MR) is 79.7 cm³/mol. The van der Waals surface area contributed by atoms with Crippen molar-refractivity contribution in [1.82, 2.24) is 10.2 Å². The van der Waals surface area contributed by atoms with Crippen LogP contribution in [-0.4, -0.2) is 42.9 Å². The summed E-state index contributed by atoms with van der Waals surface area (Å²) in [5.41, 5.74) is 5.16. The van der Waals surface area contributed by atoms with E-state index in [1.165, 1.54) is 32.2 Å². The molecule has 1 aliphatic rings. The molecule has 1 rings (SSSR count). The lowest BCUT2D eigenvalue weighted by Crippen LogP contribution is -2.41. The number of carbonyl (C=O) groups is 2. The predicted octanol–water partition coefficient (Wildman–Crippen LogP) is 0.940. The number of carbonyl (C=O) groups excluding carboxylic acids is 2. The summed E-state index contributed by atoms with van der Waals surface area (Å²) in [4.78, 5) is 25.0. The molecule has 0 aromatic carbocycles. The van der Waals surface area contributed by atoms with Crippen LogP contribution in [0.25, 0.3) is 0 Å². The Morgan fingerprint density at radius 2 is 2.25 bits per heavy atom. The van der Waals surface area contributed by atoms with Crippen molar-refractivity contribution in [1.29, 1.82) is 0 Å². The van der Waals surface area contributed by atoms with Gasteiger partial charge in [-0.2, -0.15) is 0 Å². The van der Waals surface area contributed by atoms with E-state index in [2.05, 4.69) is 17.1 Å². The standard InChI is InChI=1S/C15H28N3O2/c1-3-8-18-9-4-5-13(11-18)10-17-14(19)7-6-12(2)15(16)20/h7,12-13H,3-6,8-11H2,1-2H3,(H2,16,20)(H,17,19)/t12?,13-/m0/s1. The van der Waals surface area contributed by atoms with E-state index in [4.69, 9.17) is 5.73 Å². The normalized spacial score (nSPS) is 21.4. The molecule has 5 heteroatoms. The molecule has 1 unspecified atom stereocenters. The van der Waals surface area contributed by atoms with E-state index < -0.39 is 0 Å². The summed E-state index contributed by atoms with van der Waals surface area (Å²) in [6.07, 6.45) is 5.51. The van der Waals surface area contributed by atoms with Gasteiger partial charge in [0, 0.05) is 19.0 Å². The van der Waals surface area contributed by atoms with E-state index in [-0.39, 0.29) is 17.7 Å². The first-order chi connectivity index (χ1) is 9.52. The highest BCUT2D eigenvalue weighted by atomic mass is 16.2. The van der Waals surface area contributed by atoms with Crippen LogP contribution in [0.1, 0.15) is 39.5 Å². The average Bonchev–Trinajstić information content (AvgIpc) is 2.43. The second-order valence-corrected chi connectivity index (χ2v) is 5.80. The molecule has 1 saturated heterocycles. The Morgan fingerprint density at radius 3 is 2.90 bits per heavy atom. The number of likely N-dealkylation sites (tertiary alicyclic amines) is 1. The van der Waals surface area contributed by atoms with Crippen LogP contribution in [0.4, 0.5) is 0 Å². The first-order valence-electron chi connectivity index (χ1n) is 7.65. The molecule has 1 heterocycles. The van der Waals surface area contributed by atoms with Crippen molar-refractivity contribution >= 4 is 11.8 Å². The smallest absolute Gasteiger partial charge is 0.223 e. The molecule has 0 aliphatic carbocycles. The zero-order valence-corrected chi connectivity index (χ0v) is 12.7. The van der Waals surface area contributed by atoms with E-state index in [9.17, 15) is 9.59 Å². The zero-order chi connectivity index (χ0) is 15.0. The van der Waals surface area contributed by atoms with Gasteiger partial charge >= 0.3 is 0 Å². The molecule has 115 valence electrons. The lowest BCUT2D eigenvalue weighted by atomic mass is 9.97. The van der Waals surface area contributed by atoms with Crippen LogP contribution in [0.2, 0.25) is 0 Å². The number of nitrogens with two attached hydrogens (primary N) is 1. The van der Waals surface area contributed by atoms with Crippen molar-refractivity contribution in [3.63, 3.8) is 0 Å². The van der Waals surface area contributed by atoms with Gasteiger partial charge in [0.05, 0.1) is 6.42 Å². The molecule has 5 nitrogen and oxygen atoms in total. The van der Waals surface area contributed by atoms with Crippen LogP contribution < -0.4 is 11.1 Å². The summed E-state index contributed by atoms with van der Waals surface area (Å²) in [6.45, 7) is 8.05. The third kappa shape index (κ3) is 6.37. The van der Waals surface area contributed by atoms with Gasteiger partial charge in [0.15, 0.2) is 0 Å². The van der Waals surface area contributed by atoms with Crippen molar-refractivity contribution in [2.75, 3.05) is 26.2 Å². The molecule has 3 N–H and O–H groups in total. The molecule has 20 heavy (non-hydrogen) atoms. The molecule has 1 aliphatic heterocycles. The van der Waals surface area contributed by atoms with E-state index >= 15 is 0 Å². The maximum Gasteiger partial charge on any atom is 0.223 e. The maximum atomic E-state index is 11.7. The Balaban J connectivity index is 2.18. The SMILES string of the molecule is CCCN1CCC[C@@H](CNC(=O)[CH]CC(C)C(N)=O)C1. The first-order valence-corrected chi connectivity index (χ1v) is 7.65. The molecule has 0 spiro atoms. The fourth-order valence-corrected chi connectivity index (χ4v) is 2.55. The van der Waals surface area contributed by atoms with E-state index in [0.717, 1.165) is 19.6 Å². The minimum Gasteiger partial charge on any atom is -0.369 e. The molecular formula is C15H28N3O2. The van der Waals surface area contributed by atoms with E-state index in [1.54, 1.807) is 6.92 Å². The Kier molecular flexibility index (Phi) is 7.59. The Bertz CT molecular complexity index is 318. The van der Waals surface area contributed by atoms with Crippen LogP contribution in [0, 0.1) is 18.3 Å². The van der Waals surface area contributed by atoms with Gasteiger partial charge in [0.1, 0.15) is 0 Å². The summed E-state index contributed by atoms with van der Waals surface area (Å²) in [5.74, 6) is -0.195. The fraction of sp³-hybridized carbons (Fsp3) is 0.800. The first kappa shape index (κ1) is 17.0. The average molecular weight is 282 g/mol. The monoisotopic (exact) mass is 282 g/mol. The number of hydrogen-bond acceptors (Lipinski definition) is 3. The minimum absolute atomic E-state index is 0.0919. The quantitative estimate of drug-likeness (QED) is 0.695. The van der Waals surface area contributed by atoms with Crippen LogP contribution in [0.3, 0.4) is 0 Å². The van der Waals surface area contributed by atoms with Gasteiger partial charge in [-0.3, -0.25) is 9.59 Å². The third-order valence-electron chi connectivity index (χ3n) is 3.85. The van der Waals surface area contributed by atoms with Crippen molar-refractivity contribution < 1.29 is 9.59 Å². The van der Waals surface area contributed by atoms with Gasteiger partial charge in [-0.15, -0.1) is 0 Å². The van der Waals surface area contributed by atoms with Crippen molar-refractivity contribution in [3.05, 3.63) is 6.42 Å². The number of piperidine rings is 1. The molecule has 1 radical (unpaired) electrons. The fourth-order valence-electron chi connectivity index (χ4n) is 2.55. The summed E-state index contributed by atoms with van der Waals surface area (Å²) in [7, 11) is 0. The highest BCUT2D eigenvalue weighted by Gasteiger charge is 2.20. The number of primary amides is 1. The Morgan fingerprint density at radius 1 is 1.50 bits per heavy atom. The molecular weight excluding hydrogens is 254 g/mol. The van der Waals surface area contributed by atoms with Crippen molar-refractivity contribution in [2.45, 2.75) is 39.5 Å². The number of nitrogens with one attached hydrogen (secondary N) is 1. The Labute approximate surface area is 122 Å². The van der Waals surface area contributed by atoms with Crippen LogP contribution in [0.15, 0.2) is 0 Å². The van der Waals surface area contributed by atoms with Gasteiger partial charge in [-0.05, 0) is 44.7 Å². The summed E-state index contributed by atoms with van der Waals surface area (Å²) in [6, 6.07) is 0. The van der Waals surface area contributed by atoms with Crippen LogP contribution in [0.5, 0.6) is 0 Å². The van der Waals surface area contributed by atoms with Gasteiger partial charge in [-0.25, -0.2) is 0 Å². The van der Waals surface area contributed by atoms with E-state index in [1.807, 2.05) is 0 Å². The third-order valence-corrected chi connectivity index (χ3v) is 3.85. The second-order valence-electron chi connectivity index (χ2n) is 5.80. The molecule has 0 aromatic heterocycles. The Hall–Kier alpha value is -1.10. The number of amides is 2. The van der Waals surface area contributed by atoms with Crippen LogP contribution >= 0.6 is 0 Å². The highest BCUT2D eigenvalue weighted by molar-refractivity contribution is 5.85. The van der Waals surface area contributed by atoms with Gasteiger partial charge in [0.25, 0.3) is 0 Å². The van der Waals surface area contributed by atoms with Crippen LogP contribution in [-0.2, 0) is 9.59 Å². The largest absolute Gasteiger partial charge is 0.369 e. The number of nitrogens with zero attached hydrogens (tertiary/aromatic N) is 1. The molecule has 1 fully saturated rings. The van der Waals surface area contributed by atoms with Crippen molar-refractivity contribution in [3.8, 4) is 0 Å². The zero-order valence-electron chi connectivity index (χ0n) is 12.7. The lowest BCUT2D eigenvalue weighted by Gasteiger charge is -2.32. The molecule has 0 saturated carbocycles. The van der Waals surface area contributed by atoms with E-state index in [0.29, 0.717) is 12.3 Å². The number of rotatable bonds is 8. The topological polar surface area (TPSA) is 75.4 Å². The number of hydrogen-bond donors (Lipinski definition) is 2. The summed E-state index contributed by atoms with van der Waals surface area (Å²) >= 11 is 0. The molecule has 0 bridgehead atoms. The van der Waals surface area contributed by atoms with Crippen molar-refractivity contribution in [2.24, 2.45) is 17.6 Å². The molecule has 0 aromatic rings.